The first kappa shape index (κ1) is 28.1. The van der Waals surface area contributed by atoms with Crippen LogP contribution in [0.5, 0.6) is 11.5 Å². The first-order chi connectivity index (χ1) is 18.6. The minimum absolute atomic E-state index is 0.0311. The van der Waals surface area contributed by atoms with Gasteiger partial charge >= 0.3 is 5.97 Å². The minimum atomic E-state index is -0.958. The predicted octanol–water partition coefficient (Wildman–Crippen LogP) is 6.59. The van der Waals surface area contributed by atoms with Crippen LogP contribution in [0.4, 0.5) is 0 Å². The Kier molecular flexibility index (Phi) is 8.84. The second-order valence-electron chi connectivity index (χ2n) is 9.32. The molecule has 0 bridgehead atoms. The Morgan fingerprint density at radius 3 is 2.36 bits per heavy atom. The molecule has 0 radical (unpaired) electrons. The number of carboxylic acids is 1. The van der Waals surface area contributed by atoms with Gasteiger partial charge in [-0.15, -0.1) is 0 Å². The van der Waals surface area contributed by atoms with Gasteiger partial charge in [-0.1, -0.05) is 55.2 Å². The summed E-state index contributed by atoms with van der Waals surface area (Å²) < 4.78 is 13.8. The highest BCUT2D eigenvalue weighted by Gasteiger charge is 2.19. The third-order valence-corrected chi connectivity index (χ3v) is 6.75. The van der Waals surface area contributed by atoms with Crippen LogP contribution in [-0.2, 0) is 11.3 Å². The summed E-state index contributed by atoms with van der Waals surface area (Å²) in [7, 11) is 0. The highest BCUT2D eigenvalue weighted by molar-refractivity contribution is 6.37. The highest BCUT2D eigenvalue weighted by Crippen LogP contribution is 2.32. The molecule has 39 heavy (non-hydrogen) atoms. The maximum Gasteiger partial charge on any atom is 0.335 e. The van der Waals surface area contributed by atoms with Crippen molar-refractivity contribution in [2.24, 2.45) is 11.7 Å². The third kappa shape index (κ3) is 6.74. The first-order valence-corrected chi connectivity index (χ1v) is 13.0. The molecular weight excluding hydrogens is 539 g/mol. The number of aromatic nitrogens is 1. The summed E-state index contributed by atoms with van der Waals surface area (Å²) in [6, 6.07) is 19.5. The topological polar surface area (TPSA) is 104 Å². The van der Waals surface area contributed by atoms with Crippen LogP contribution in [0.25, 0.3) is 10.9 Å². The molecule has 0 unspecified atom stereocenters. The van der Waals surface area contributed by atoms with E-state index in [2.05, 4.69) is 0 Å². The molecule has 0 amide bonds. The van der Waals surface area contributed by atoms with Gasteiger partial charge in [0.2, 0.25) is 0 Å². The van der Waals surface area contributed by atoms with Crippen LogP contribution < -0.4 is 15.2 Å². The summed E-state index contributed by atoms with van der Waals surface area (Å²) in [6.07, 6.45) is 1.94. The van der Waals surface area contributed by atoms with Crippen molar-refractivity contribution in [3.8, 4) is 11.5 Å². The number of nitrogens with zero attached hydrogens (tertiary/aromatic N) is 1. The van der Waals surface area contributed by atoms with E-state index in [4.69, 9.17) is 38.4 Å². The molecule has 0 spiro atoms. The lowest BCUT2D eigenvalue weighted by Crippen LogP contribution is -2.24. The van der Waals surface area contributed by atoms with Crippen LogP contribution in [0.15, 0.2) is 84.2 Å². The van der Waals surface area contributed by atoms with Gasteiger partial charge in [0.15, 0.2) is 11.5 Å². The summed E-state index contributed by atoms with van der Waals surface area (Å²) in [4.78, 5) is 24.2. The van der Waals surface area contributed by atoms with Crippen LogP contribution in [0.3, 0.4) is 0 Å². The van der Waals surface area contributed by atoms with Gasteiger partial charge in [-0.05, 0) is 54.1 Å². The molecule has 3 aromatic carbocycles. The summed E-state index contributed by atoms with van der Waals surface area (Å²) >= 11 is 12.4. The van der Waals surface area contributed by atoms with Crippen molar-refractivity contribution in [3.63, 3.8) is 0 Å². The number of aromatic carboxylic acids is 1. The van der Waals surface area contributed by atoms with E-state index in [-0.39, 0.29) is 36.2 Å². The van der Waals surface area contributed by atoms with Crippen LogP contribution in [-0.4, -0.2) is 34.6 Å². The quantitative estimate of drug-likeness (QED) is 0.198. The number of carboxylic acid groups (broad SMARTS) is 1. The SMILES string of the molecule is CC(C)C(=O)/C(COc1ccc2c(ccn2Cc2cccc(C(=O)O)c2)c1)=C(\N)COc1c(Cl)cccc1Cl. The number of hydrogen-bond donors (Lipinski definition) is 2. The number of carbonyl (C=O) groups excluding carboxylic acids is 1. The zero-order valence-corrected chi connectivity index (χ0v) is 23.0. The molecule has 0 aliphatic heterocycles. The molecule has 4 rings (SSSR count). The van der Waals surface area contributed by atoms with Gasteiger partial charge in [0.1, 0.15) is 19.0 Å². The molecule has 1 aromatic heterocycles. The zero-order chi connectivity index (χ0) is 28.1. The molecule has 7 nitrogen and oxygen atoms in total. The smallest absolute Gasteiger partial charge is 0.335 e. The van der Waals surface area contributed by atoms with Gasteiger partial charge in [0.05, 0.1) is 26.9 Å². The van der Waals surface area contributed by atoms with E-state index in [1.165, 1.54) is 0 Å². The van der Waals surface area contributed by atoms with E-state index in [0.717, 1.165) is 16.5 Å². The number of carbonyl (C=O) groups is 2. The summed E-state index contributed by atoms with van der Waals surface area (Å²) in [6.45, 7) is 4.00. The van der Waals surface area contributed by atoms with Crippen molar-refractivity contribution in [2.45, 2.75) is 20.4 Å². The standard InChI is InChI=1S/C30H28Cl2N2O5/c1-18(2)28(35)23(26(33)17-39-29-24(31)7-4-8-25(29)32)16-38-22-9-10-27-20(14-22)11-12-34(27)15-19-5-3-6-21(13-19)30(36)37/h3-14,18H,15-17,33H2,1-2H3,(H,36,37)/b26-23-. The molecule has 0 aliphatic carbocycles. The van der Waals surface area contributed by atoms with Crippen LogP contribution in [0.2, 0.25) is 10.0 Å². The van der Waals surface area contributed by atoms with Crippen molar-refractivity contribution < 1.29 is 24.2 Å². The van der Waals surface area contributed by atoms with E-state index in [1.54, 1.807) is 50.2 Å². The van der Waals surface area contributed by atoms with Gasteiger partial charge in [-0.3, -0.25) is 4.79 Å². The van der Waals surface area contributed by atoms with E-state index < -0.39 is 5.97 Å². The lowest BCUT2D eigenvalue weighted by Gasteiger charge is -2.16. The maximum absolute atomic E-state index is 12.9. The molecule has 4 aromatic rings. The number of rotatable bonds is 11. The third-order valence-electron chi connectivity index (χ3n) is 6.15. The van der Waals surface area contributed by atoms with E-state index in [0.29, 0.717) is 33.7 Å². The number of nitrogens with two attached hydrogens (primary N) is 1. The van der Waals surface area contributed by atoms with Crippen molar-refractivity contribution >= 4 is 45.9 Å². The lowest BCUT2D eigenvalue weighted by molar-refractivity contribution is -0.118. The number of Topliss-reactive ketones (excluding diaryl/α,β-unsaturated/α-hetero) is 1. The van der Waals surface area contributed by atoms with Crippen LogP contribution in [0, 0.1) is 5.92 Å². The van der Waals surface area contributed by atoms with Gasteiger partial charge in [-0.2, -0.15) is 0 Å². The molecule has 3 N–H and O–H groups in total. The van der Waals surface area contributed by atoms with Gasteiger partial charge < -0.3 is 24.9 Å². The molecule has 1 heterocycles. The molecule has 0 saturated heterocycles. The number of halogens is 2. The second-order valence-corrected chi connectivity index (χ2v) is 10.1. The van der Waals surface area contributed by atoms with Gasteiger partial charge in [0.25, 0.3) is 0 Å². The lowest BCUT2D eigenvalue weighted by atomic mass is 10.00. The molecule has 0 saturated carbocycles. The Bertz CT molecular complexity index is 1540. The number of fused-ring (bicyclic) bond motifs is 1. The number of hydrogen-bond acceptors (Lipinski definition) is 5. The fourth-order valence-corrected chi connectivity index (χ4v) is 4.60. The first-order valence-electron chi connectivity index (χ1n) is 12.3. The Morgan fingerprint density at radius 2 is 1.67 bits per heavy atom. The molecule has 202 valence electrons. The highest BCUT2D eigenvalue weighted by atomic mass is 35.5. The van der Waals surface area contributed by atoms with Gasteiger partial charge in [0, 0.05) is 29.6 Å². The van der Waals surface area contributed by atoms with E-state index in [1.807, 2.05) is 41.1 Å². The summed E-state index contributed by atoms with van der Waals surface area (Å²) in [5.74, 6) is -0.518. The summed E-state index contributed by atoms with van der Waals surface area (Å²) in [5.41, 5.74) is 8.94. The largest absolute Gasteiger partial charge is 0.489 e. The fourth-order valence-electron chi connectivity index (χ4n) is 4.09. The number of benzene rings is 3. The number of ketones is 1. The van der Waals surface area contributed by atoms with Crippen molar-refractivity contribution in [1.29, 1.82) is 0 Å². The summed E-state index contributed by atoms with van der Waals surface area (Å²) in [5, 5.41) is 10.9. The van der Waals surface area contributed by atoms with Crippen molar-refractivity contribution in [2.75, 3.05) is 13.2 Å². The van der Waals surface area contributed by atoms with Gasteiger partial charge in [-0.25, -0.2) is 4.79 Å². The maximum atomic E-state index is 12.9. The van der Waals surface area contributed by atoms with E-state index >= 15 is 0 Å². The Morgan fingerprint density at radius 1 is 0.949 bits per heavy atom. The second kappa shape index (κ2) is 12.3. The zero-order valence-electron chi connectivity index (χ0n) is 21.5. The Balaban J connectivity index is 1.50. The molecule has 0 aliphatic rings. The van der Waals surface area contributed by atoms with Crippen molar-refractivity contribution in [3.05, 3.63) is 105 Å². The fraction of sp³-hybridized carbons (Fsp3) is 0.200. The average Bonchev–Trinajstić information content (AvgIpc) is 3.30. The Labute approximate surface area is 236 Å². The van der Waals surface area contributed by atoms with Crippen molar-refractivity contribution in [1.82, 2.24) is 4.57 Å². The predicted molar refractivity (Wildman–Crippen MR) is 153 cm³/mol. The van der Waals surface area contributed by atoms with Crippen LogP contribution >= 0.6 is 23.2 Å². The molecule has 0 atom stereocenters. The normalized spacial score (nSPS) is 11.9. The number of para-hydroxylation sites is 1. The molecule has 0 fully saturated rings. The number of ether oxygens (including phenoxy) is 2. The molecule has 9 heteroatoms. The average molecular weight is 567 g/mol. The minimum Gasteiger partial charge on any atom is -0.489 e. The van der Waals surface area contributed by atoms with Crippen LogP contribution in [0.1, 0.15) is 29.8 Å². The van der Waals surface area contributed by atoms with E-state index in [9.17, 15) is 14.7 Å². The monoisotopic (exact) mass is 566 g/mol. The molecular formula is C30H28Cl2N2O5. The Hall–Kier alpha value is -3.94.